The molecule has 0 bridgehead atoms. The Labute approximate surface area is 164 Å². The third kappa shape index (κ3) is 4.79. The van der Waals surface area contributed by atoms with Crippen molar-refractivity contribution in [1.29, 1.82) is 0 Å². The second-order valence-electron chi connectivity index (χ2n) is 5.77. The van der Waals surface area contributed by atoms with Gasteiger partial charge in [0.2, 0.25) is 0 Å². The Bertz CT molecular complexity index is 860. The number of nitrogens with zero attached hydrogens (tertiary/aromatic N) is 1. The Kier molecular flexibility index (Phi) is 5.70. The van der Waals surface area contributed by atoms with Crippen LogP contribution in [0.2, 0.25) is 0 Å². The maximum absolute atomic E-state index is 11.6. The van der Waals surface area contributed by atoms with Crippen LogP contribution in [0.1, 0.15) is 11.1 Å². The zero-order valence-corrected chi connectivity index (χ0v) is 16.5. The second-order valence-corrected chi connectivity index (χ2v) is 7.87. The molecule has 0 aliphatic heterocycles. The minimum Gasteiger partial charge on any atom is -0.480 e. The van der Waals surface area contributed by atoms with Crippen molar-refractivity contribution >= 4 is 45.0 Å². The van der Waals surface area contributed by atoms with Gasteiger partial charge >= 0.3 is 5.97 Å². The Balaban J connectivity index is 1.73. The van der Waals surface area contributed by atoms with Crippen LogP contribution in [0, 0.1) is 10.5 Å². The summed E-state index contributed by atoms with van der Waals surface area (Å²) in [6.45, 7) is 2.04. The largest absolute Gasteiger partial charge is 0.480 e. The summed E-state index contributed by atoms with van der Waals surface area (Å²) in [5, 5.41) is 15.1. The first-order chi connectivity index (χ1) is 12.0. The van der Waals surface area contributed by atoms with Gasteiger partial charge < -0.3 is 10.4 Å². The van der Waals surface area contributed by atoms with Crippen molar-refractivity contribution in [1.82, 2.24) is 4.98 Å². The number of carboxylic acid groups (broad SMARTS) is 1. The van der Waals surface area contributed by atoms with Crippen LogP contribution in [-0.4, -0.2) is 22.1 Å². The number of anilines is 1. The van der Waals surface area contributed by atoms with Gasteiger partial charge in [-0.3, -0.25) is 0 Å². The molecular formula is C19H17IN2O2S. The first-order valence-electron chi connectivity index (χ1n) is 7.77. The Hall–Kier alpha value is -1.93. The summed E-state index contributed by atoms with van der Waals surface area (Å²) in [5.41, 5.74) is 4.06. The first kappa shape index (κ1) is 17.9. The van der Waals surface area contributed by atoms with Crippen molar-refractivity contribution in [3.63, 3.8) is 0 Å². The first-order valence-corrected chi connectivity index (χ1v) is 9.73. The SMILES string of the molecule is Cc1ccc(-c2csc(NC(Cc3ccc(I)cc3)C(=O)O)n2)cc1. The van der Waals surface area contributed by atoms with Gasteiger partial charge in [-0.15, -0.1) is 11.3 Å². The summed E-state index contributed by atoms with van der Waals surface area (Å²) in [5.74, 6) is -0.884. The van der Waals surface area contributed by atoms with E-state index in [9.17, 15) is 9.90 Å². The normalized spacial score (nSPS) is 11.9. The lowest BCUT2D eigenvalue weighted by molar-refractivity contribution is -0.137. The van der Waals surface area contributed by atoms with E-state index in [1.54, 1.807) is 0 Å². The lowest BCUT2D eigenvalue weighted by Gasteiger charge is -2.13. The summed E-state index contributed by atoms with van der Waals surface area (Å²) in [7, 11) is 0. The standard InChI is InChI=1S/C19H17IN2O2S/c1-12-2-6-14(7-3-12)17-11-25-19(22-17)21-16(18(23)24)10-13-4-8-15(20)9-5-13/h2-9,11,16H,10H2,1H3,(H,21,22)(H,23,24). The maximum atomic E-state index is 11.6. The summed E-state index contributed by atoms with van der Waals surface area (Å²) in [6, 6.07) is 15.3. The summed E-state index contributed by atoms with van der Waals surface area (Å²) in [6.07, 6.45) is 0.408. The van der Waals surface area contributed by atoms with Gasteiger partial charge in [0.25, 0.3) is 0 Å². The van der Waals surface area contributed by atoms with Crippen molar-refractivity contribution in [3.8, 4) is 11.3 Å². The van der Waals surface area contributed by atoms with Crippen molar-refractivity contribution in [2.24, 2.45) is 0 Å². The number of carboxylic acids is 1. The molecule has 1 heterocycles. The molecule has 1 atom stereocenters. The lowest BCUT2D eigenvalue weighted by Crippen LogP contribution is -2.31. The van der Waals surface area contributed by atoms with Crippen LogP contribution >= 0.6 is 33.9 Å². The highest BCUT2D eigenvalue weighted by molar-refractivity contribution is 14.1. The molecule has 3 rings (SSSR count). The van der Waals surface area contributed by atoms with Crippen LogP contribution in [0.4, 0.5) is 5.13 Å². The van der Waals surface area contributed by atoms with Gasteiger partial charge in [0.05, 0.1) is 5.69 Å². The number of thiazole rings is 1. The number of rotatable bonds is 6. The monoisotopic (exact) mass is 464 g/mol. The number of aryl methyl sites for hydroxylation is 1. The van der Waals surface area contributed by atoms with E-state index >= 15 is 0 Å². The van der Waals surface area contributed by atoms with Crippen molar-refractivity contribution < 1.29 is 9.90 Å². The van der Waals surface area contributed by atoms with Crippen molar-refractivity contribution in [3.05, 3.63) is 68.6 Å². The number of hydrogen-bond donors (Lipinski definition) is 2. The molecule has 3 aromatic rings. The number of hydrogen-bond acceptors (Lipinski definition) is 4. The second kappa shape index (κ2) is 7.97. The van der Waals surface area contributed by atoms with E-state index in [1.807, 2.05) is 60.8 Å². The molecule has 1 unspecified atom stereocenters. The molecule has 0 saturated carbocycles. The molecule has 25 heavy (non-hydrogen) atoms. The van der Waals surface area contributed by atoms with Gasteiger partial charge in [0, 0.05) is 20.9 Å². The van der Waals surface area contributed by atoms with Gasteiger partial charge in [-0.1, -0.05) is 42.0 Å². The molecule has 4 nitrogen and oxygen atoms in total. The molecule has 0 amide bonds. The van der Waals surface area contributed by atoms with E-state index in [1.165, 1.54) is 16.9 Å². The Morgan fingerprint density at radius 1 is 1.20 bits per heavy atom. The van der Waals surface area contributed by atoms with E-state index in [4.69, 9.17) is 0 Å². The van der Waals surface area contributed by atoms with Crippen LogP contribution < -0.4 is 5.32 Å². The predicted octanol–water partition coefficient (Wildman–Crippen LogP) is 4.83. The van der Waals surface area contributed by atoms with E-state index in [0.29, 0.717) is 11.6 Å². The molecule has 0 aliphatic carbocycles. The Morgan fingerprint density at radius 3 is 2.52 bits per heavy atom. The molecule has 128 valence electrons. The van der Waals surface area contributed by atoms with Crippen LogP contribution in [-0.2, 0) is 11.2 Å². The fraction of sp³-hybridized carbons (Fsp3) is 0.158. The topological polar surface area (TPSA) is 62.2 Å². The Morgan fingerprint density at radius 2 is 1.88 bits per heavy atom. The number of halogens is 1. The van der Waals surface area contributed by atoms with E-state index in [2.05, 4.69) is 32.9 Å². The molecule has 1 aromatic heterocycles. The number of carbonyl (C=O) groups is 1. The highest BCUT2D eigenvalue weighted by atomic mass is 127. The molecule has 0 aliphatic rings. The number of benzene rings is 2. The molecule has 0 saturated heterocycles. The smallest absolute Gasteiger partial charge is 0.326 e. The van der Waals surface area contributed by atoms with Gasteiger partial charge in [-0.25, -0.2) is 9.78 Å². The van der Waals surface area contributed by atoms with E-state index in [-0.39, 0.29) is 0 Å². The summed E-state index contributed by atoms with van der Waals surface area (Å²) >= 11 is 3.65. The van der Waals surface area contributed by atoms with Gasteiger partial charge in [0.15, 0.2) is 5.13 Å². The lowest BCUT2D eigenvalue weighted by atomic mass is 10.1. The highest BCUT2D eigenvalue weighted by Crippen LogP contribution is 2.26. The minimum absolute atomic E-state index is 0.408. The van der Waals surface area contributed by atoms with Crippen LogP contribution in [0.5, 0.6) is 0 Å². The predicted molar refractivity (Wildman–Crippen MR) is 110 cm³/mol. The fourth-order valence-corrected chi connectivity index (χ4v) is 3.54. The average Bonchev–Trinajstić information content (AvgIpc) is 3.05. The molecule has 0 spiro atoms. The third-order valence-corrected chi connectivity index (χ3v) is 5.29. The number of nitrogens with one attached hydrogen (secondary N) is 1. The van der Waals surface area contributed by atoms with Crippen LogP contribution in [0.3, 0.4) is 0 Å². The highest BCUT2D eigenvalue weighted by Gasteiger charge is 2.19. The van der Waals surface area contributed by atoms with Crippen LogP contribution in [0.25, 0.3) is 11.3 Å². The van der Waals surface area contributed by atoms with Gasteiger partial charge in [-0.05, 0) is 47.2 Å². The van der Waals surface area contributed by atoms with E-state index in [0.717, 1.165) is 20.4 Å². The van der Waals surface area contributed by atoms with Gasteiger partial charge in [0.1, 0.15) is 6.04 Å². The van der Waals surface area contributed by atoms with E-state index < -0.39 is 12.0 Å². The number of aromatic nitrogens is 1. The average molecular weight is 464 g/mol. The number of aliphatic carboxylic acids is 1. The zero-order valence-electron chi connectivity index (χ0n) is 13.6. The molecule has 2 aromatic carbocycles. The molecule has 0 fully saturated rings. The maximum Gasteiger partial charge on any atom is 0.326 e. The molecular weight excluding hydrogens is 447 g/mol. The third-order valence-electron chi connectivity index (χ3n) is 3.80. The van der Waals surface area contributed by atoms with Gasteiger partial charge in [-0.2, -0.15) is 0 Å². The molecule has 6 heteroatoms. The summed E-state index contributed by atoms with van der Waals surface area (Å²) in [4.78, 5) is 16.1. The quantitative estimate of drug-likeness (QED) is 0.513. The minimum atomic E-state index is -0.884. The summed E-state index contributed by atoms with van der Waals surface area (Å²) < 4.78 is 1.13. The fourth-order valence-electron chi connectivity index (χ4n) is 2.40. The molecule has 0 radical (unpaired) electrons. The zero-order chi connectivity index (χ0) is 17.8. The van der Waals surface area contributed by atoms with Crippen molar-refractivity contribution in [2.45, 2.75) is 19.4 Å². The molecule has 2 N–H and O–H groups in total. The van der Waals surface area contributed by atoms with Crippen LogP contribution in [0.15, 0.2) is 53.9 Å². The van der Waals surface area contributed by atoms with Crippen molar-refractivity contribution in [2.75, 3.05) is 5.32 Å².